The molecule has 2 aliphatic rings. The highest BCUT2D eigenvalue weighted by molar-refractivity contribution is 6.30. The van der Waals surface area contributed by atoms with Gasteiger partial charge < -0.3 is 19.8 Å². The van der Waals surface area contributed by atoms with E-state index in [1.165, 1.54) is 6.07 Å². The first-order valence-corrected chi connectivity index (χ1v) is 7.94. The normalized spacial score (nSPS) is 21.7. The van der Waals surface area contributed by atoms with Crippen molar-refractivity contribution >= 4 is 23.6 Å². The molecular weight excluding hydrogens is 333 g/mol. The van der Waals surface area contributed by atoms with Gasteiger partial charge in [-0.3, -0.25) is 0 Å². The molecule has 1 unspecified atom stereocenters. The number of rotatable bonds is 2. The SMILES string of the molecule is CC1(c2ccc(Cl)cc2F)Oc2cccc(N3C=NNCC3)c2O1. The number of anilines is 1. The van der Waals surface area contributed by atoms with Crippen molar-refractivity contribution in [1.82, 2.24) is 5.43 Å². The molecule has 2 aromatic rings. The number of benzene rings is 2. The van der Waals surface area contributed by atoms with Crippen LogP contribution >= 0.6 is 11.6 Å². The molecule has 24 heavy (non-hydrogen) atoms. The van der Waals surface area contributed by atoms with Gasteiger partial charge in [-0.2, -0.15) is 5.10 Å². The molecule has 124 valence electrons. The van der Waals surface area contributed by atoms with E-state index in [4.69, 9.17) is 21.1 Å². The predicted octanol–water partition coefficient (Wildman–Crippen LogP) is 3.48. The van der Waals surface area contributed by atoms with Crippen LogP contribution in [0.4, 0.5) is 10.1 Å². The quantitative estimate of drug-likeness (QED) is 0.903. The van der Waals surface area contributed by atoms with Gasteiger partial charge in [0.25, 0.3) is 5.79 Å². The zero-order valence-corrected chi connectivity index (χ0v) is 13.7. The van der Waals surface area contributed by atoms with Gasteiger partial charge in [0.15, 0.2) is 11.5 Å². The van der Waals surface area contributed by atoms with Crippen LogP contribution in [0.25, 0.3) is 0 Å². The summed E-state index contributed by atoms with van der Waals surface area (Å²) in [6.07, 6.45) is 1.70. The van der Waals surface area contributed by atoms with Crippen LogP contribution in [0, 0.1) is 5.82 Å². The zero-order chi connectivity index (χ0) is 16.7. The molecule has 0 bridgehead atoms. The number of hydrogen-bond donors (Lipinski definition) is 1. The maximum absolute atomic E-state index is 14.3. The summed E-state index contributed by atoms with van der Waals surface area (Å²) in [5, 5.41) is 4.39. The molecule has 0 radical (unpaired) electrons. The molecule has 2 heterocycles. The van der Waals surface area contributed by atoms with Crippen molar-refractivity contribution in [2.24, 2.45) is 5.10 Å². The van der Waals surface area contributed by atoms with Crippen molar-refractivity contribution in [1.29, 1.82) is 0 Å². The Morgan fingerprint density at radius 2 is 2.17 bits per heavy atom. The highest BCUT2D eigenvalue weighted by atomic mass is 35.5. The van der Waals surface area contributed by atoms with Gasteiger partial charge in [-0.25, -0.2) is 4.39 Å². The molecule has 2 aromatic carbocycles. The van der Waals surface area contributed by atoms with Gasteiger partial charge in [0.2, 0.25) is 0 Å². The van der Waals surface area contributed by atoms with Crippen LogP contribution < -0.4 is 19.8 Å². The summed E-state index contributed by atoms with van der Waals surface area (Å²) >= 11 is 5.84. The number of hydrogen-bond acceptors (Lipinski definition) is 5. The van der Waals surface area contributed by atoms with E-state index in [0.29, 0.717) is 22.1 Å². The number of nitrogens with one attached hydrogen (secondary N) is 1. The number of ether oxygens (including phenoxy) is 2. The maximum Gasteiger partial charge on any atom is 0.278 e. The van der Waals surface area contributed by atoms with Crippen molar-refractivity contribution in [2.75, 3.05) is 18.0 Å². The Morgan fingerprint density at radius 3 is 2.92 bits per heavy atom. The molecule has 0 amide bonds. The van der Waals surface area contributed by atoms with Crippen molar-refractivity contribution in [3.8, 4) is 11.5 Å². The second kappa shape index (κ2) is 5.56. The molecule has 0 fully saturated rings. The van der Waals surface area contributed by atoms with E-state index in [1.807, 2.05) is 17.0 Å². The fourth-order valence-electron chi connectivity index (χ4n) is 2.89. The lowest BCUT2D eigenvalue weighted by Crippen LogP contribution is -2.35. The third-order valence-electron chi connectivity index (χ3n) is 4.04. The van der Waals surface area contributed by atoms with E-state index < -0.39 is 11.6 Å². The van der Waals surface area contributed by atoms with E-state index in [0.717, 1.165) is 18.8 Å². The number of para-hydroxylation sites is 1. The molecule has 0 saturated carbocycles. The Labute approximate surface area is 143 Å². The Kier molecular flexibility index (Phi) is 3.49. The lowest BCUT2D eigenvalue weighted by Gasteiger charge is -2.26. The zero-order valence-electron chi connectivity index (χ0n) is 12.9. The van der Waals surface area contributed by atoms with Gasteiger partial charge in [-0.15, -0.1) is 0 Å². The number of fused-ring (bicyclic) bond motifs is 1. The van der Waals surface area contributed by atoms with Crippen LogP contribution in [0.15, 0.2) is 41.5 Å². The number of hydrazone groups is 1. The van der Waals surface area contributed by atoms with E-state index >= 15 is 0 Å². The summed E-state index contributed by atoms with van der Waals surface area (Å²) in [5.74, 6) is -0.583. The van der Waals surface area contributed by atoms with E-state index in [1.54, 1.807) is 31.5 Å². The summed E-state index contributed by atoms with van der Waals surface area (Å²) in [7, 11) is 0. The monoisotopic (exact) mass is 347 g/mol. The lowest BCUT2D eigenvalue weighted by atomic mass is 10.1. The van der Waals surface area contributed by atoms with E-state index in [2.05, 4.69) is 10.5 Å². The summed E-state index contributed by atoms with van der Waals surface area (Å²) in [4.78, 5) is 1.96. The number of halogens is 2. The van der Waals surface area contributed by atoms with Crippen LogP contribution in [0.1, 0.15) is 12.5 Å². The predicted molar refractivity (Wildman–Crippen MR) is 90.3 cm³/mol. The molecule has 0 aliphatic carbocycles. The molecular formula is C17H15ClFN3O2. The van der Waals surface area contributed by atoms with E-state index in [9.17, 15) is 4.39 Å². The molecule has 4 rings (SSSR count). The second-order valence-corrected chi connectivity index (χ2v) is 6.16. The molecule has 0 saturated heterocycles. The minimum absolute atomic E-state index is 0.294. The minimum Gasteiger partial charge on any atom is -0.444 e. The maximum atomic E-state index is 14.3. The van der Waals surface area contributed by atoms with Gasteiger partial charge in [0.1, 0.15) is 12.2 Å². The van der Waals surface area contributed by atoms with E-state index in [-0.39, 0.29) is 0 Å². The summed E-state index contributed by atoms with van der Waals surface area (Å²) in [6, 6.07) is 10.0. The molecule has 7 heteroatoms. The summed E-state index contributed by atoms with van der Waals surface area (Å²) in [5.41, 5.74) is 4.02. The molecule has 2 aliphatic heterocycles. The van der Waals surface area contributed by atoms with Crippen LogP contribution in [0.2, 0.25) is 5.02 Å². The Balaban J connectivity index is 1.73. The average Bonchev–Trinajstić information content (AvgIpc) is 2.92. The van der Waals surface area contributed by atoms with Gasteiger partial charge in [-0.05, 0) is 30.3 Å². The van der Waals surface area contributed by atoms with Crippen LogP contribution in [-0.2, 0) is 5.79 Å². The molecule has 0 aromatic heterocycles. The summed E-state index contributed by atoms with van der Waals surface area (Å²) in [6.45, 7) is 3.16. The van der Waals surface area contributed by atoms with Crippen molar-refractivity contribution in [2.45, 2.75) is 12.7 Å². The fourth-order valence-corrected chi connectivity index (χ4v) is 3.05. The molecule has 5 nitrogen and oxygen atoms in total. The third-order valence-corrected chi connectivity index (χ3v) is 4.28. The van der Waals surface area contributed by atoms with Crippen LogP contribution in [-0.4, -0.2) is 19.4 Å². The first-order chi connectivity index (χ1) is 11.6. The topological polar surface area (TPSA) is 46.1 Å². The lowest BCUT2D eigenvalue weighted by molar-refractivity contribution is -0.0705. The Morgan fingerprint density at radius 1 is 1.29 bits per heavy atom. The van der Waals surface area contributed by atoms with Gasteiger partial charge in [0, 0.05) is 18.5 Å². The fraction of sp³-hybridized carbons (Fsp3) is 0.235. The van der Waals surface area contributed by atoms with Crippen LogP contribution in [0.3, 0.4) is 0 Å². The van der Waals surface area contributed by atoms with Gasteiger partial charge in [0.05, 0.1) is 17.8 Å². The van der Waals surface area contributed by atoms with Gasteiger partial charge >= 0.3 is 0 Å². The summed E-state index contributed by atoms with van der Waals surface area (Å²) < 4.78 is 26.3. The first kappa shape index (κ1) is 15.1. The highest BCUT2D eigenvalue weighted by Gasteiger charge is 2.42. The molecule has 1 N–H and O–H groups in total. The first-order valence-electron chi connectivity index (χ1n) is 7.56. The molecule has 0 spiro atoms. The highest BCUT2D eigenvalue weighted by Crippen LogP contribution is 2.49. The van der Waals surface area contributed by atoms with Gasteiger partial charge in [-0.1, -0.05) is 17.7 Å². The average molecular weight is 348 g/mol. The van der Waals surface area contributed by atoms with Crippen molar-refractivity contribution in [3.63, 3.8) is 0 Å². The largest absolute Gasteiger partial charge is 0.444 e. The third kappa shape index (κ3) is 2.43. The Bertz CT molecular complexity index is 829. The molecule has 1 atom stereocenters. The second-order valence-electron chi connectivity index (χ2n) is 5.72. The Hall–Kier alpha value is -2.47. The van der Waals surface area contributed by atoms with Crippen molar-refractivity contribution < 1.29 is 13.9 Å². The minimum atomic E-state index is -1.25. The van der Waals surface area contributed by atoms with Crippen LogP contribution in [0.5, 0.6) is 11.5 Å². The smallest absolute Gasteiger partial charge is 0.278 e. The number of nitrogens with zero attached hydrogens (tertiary/aromatic N) is 2. The van der Waals surface area contributed by atoms with Crippen molar-refractivity contribution in [3.05, 3.63) is 52.8 Å². The standard InChI is InChI=1S/C17H15ClFN3O2/c1-17(12-6-5-11(18)9-13(12)19)23-15-4-2-3-14(16(15)24-17)22-8-7-20-21-10-22/h2-6,9-10,20H,7-8H2,1H3.